The molecule has 1 N–H and O–H groups in total. The van der Waals surface area contributed by atoms with E-state index in [2.05, 4.69) is 18.0 Å². The Bertz CT molecular complexity index is 314. The van der Waals surface area contributed by atoms with Gasteiger partial charge in [-0.15, -0.1) is 0 Å². The summed E-state index contributed by atoms with van der Waals surface area (Å²) in [4.78, 5) is 0. The first-order valence-electron chi connectivity index (χ1n) is 8.00. The largest absolute Gasteiger partial charge is 0.397 e. The lowest BCUT2D eigenvalue weighted by molar-refractivity contribution is 0.222. The molecule has 0 aliphatic carbocycles. The summed E-state index contributed by atoms with van der Waals surface area (Å²) in [6.45, 7) is 6.52. The van der Waals surface area contributed by atoms with Crippen molar-refractivity contribution in [3.63, 3.8) is 0 Å². The lowest BCUT2D eigenvalue weighted by Gasteiger charge is -2.15. The molecule has 2 unspecified atom stereocenters. The van der Waals surface area contributed by atoms with Gasteiger partial charge in [-0.1, -0.05) is 72.1 Å². The Labute approximate surface area is 125 Å². The Morgan fingerprint density at radius 1 is 1.00 bits per heavy atom. The molecule has 4 nitrogen and oxygen atoms in total. The molecule has 0 rings (SSSR count). The Morgan fingerprint density at radius 2 is 1.55 bits per heavy atom. The first-order chi connectivity index (χ1) is 9.39. The van der Waals surface area contributed by atoms with Crippen LogP contribution in [0, 0.1) is 11.8 Å². The summed E-state index contributed by atoms with van der Waals surface area (Å²) in [5.41, 5.74) is 0. The first-order valence-corrected chi connectivity index (χ1v) is 9.37. The number of unbranched alkanes of at least 4 members (excludes halogenated alkanes) is 3. The van der Waals surface area contributed by atoms with E-state index >= 15 is 0 Å². The Balaban J connectivity index is 3.62. The van der Waals surface area contributed by atoms with E-state index in [1.54, 1.807) is 0 Å². The molecule has 122 valence electrons. The fourth-order valence-electron chi connectivity index (χ4n) is 2.45. The minimum Gasteiger partial charge on any atom is -0.264 e. The van der Waals surface area contributed by atoms with Crippen LogP contribution >= 0.6 is 0 Å². The third kappa shape index (κ3) is 12.9. The Hall–Kier alpha value is -0.130. The summed E-state index contributed by atoms with van der Waals surface area (Å²) in [6.07, 6.45) is 11.1. The van der Waals surface area contributed by atoms with Crippen LogP contribution in [0.1, 0.15) is 78.6 Å². The van der Waals surface area contributed by atoms with Crippen molar-refractivity contribution in [3.05, 3.63) is 0 Å². The van der Waals surface area contributed by atoms with Crippen molar-refractivity contribution < 1.29 is 17.2 Å². The Kier molecular flexibility index (Phi) is 11.4. The molecule has 0 saturated heterocycles. The maximum atomic E-state index is 10.5. The molecule has 2 atom stereocenters. The molecule has 0 aliphatic rings. The predicted octanol–water partition coefficient (Wildman–Crippen LogP) is 4.61. The van der Waals surface area contributed by atoms with Crippen LogP contribution in [0.3, 0.4) is 0 Å². The van der Waals surface area contributed by atoms with E-state index < -0.39 is 10.4 Å². The number of hydrogen-bond acceptors (Lipinski definition) is 3. The highest BCUT2D eigenvalue weighted by molar-refractivity contribution is 7.80. The van der Waals surface area contributed by atoms with Gasteiger partial charge in [0.2, 0.25) is 0 Å². The monoisotopic (exact) mass is 308 g/mol. The van der Waals surface area contributed by atoms with Crippen LogP contribution in [0.4, 0.5) is 0 Å². The van der Waals surface area contributed by atoms with Crippen molar-refractivity contribution in [2.75, 3.05) is 6.61 Å². The van der Waals surface area contributed by atoms with Crippen LogP contribution in [0.15, 0.2) is 0 Å². The second kappa shape index (κ2) is 11.5. The van der Waals surface area contributed by atoms with Crippen LogP contribution in [-0.2, 0) is 14.6 Å². The smallest absolute Gasteiger partial charge is 0.264 e. The average Bonchev–Trinajstić information content (AvgIpc) is 2.38. The molecule has 0 fully saturated rings. The molecule has 0 aromatic carbocycles. The third-order valence-electron chi connectivity index (χ3n) is 3.85. The second-order valence-electron chi connectivity index (χ2n) is 5.87. The molecule has 0 aromatic rings. The first kappa shape index (κ1) is 19.9. The highest BCUT2D eigenvalue weighted by atomic mass is 32.3. The van der Waals surface area contributed by atoms with Crippen molar-refractivity contribution in [2.24, 2.45) is 11.8 Å². The van der Waals surface area contributed by atoms with E-state index in [-0.39, 0.29) is 12.5 Å². The molecule has 20 heavy (non-hydrogen) atoms. The Morgan fingerprint density at radius 3 is 2.05 bits per heavy atom. The summed E-state index contributed by atoms with van der Waals surface area (Å²) in [5, 5.41) is 0. The van der Waals surface area contributed by atoms with Gasteiger partial charge in [0, 0.05) is 0 Å². The van der Waals surface area contributed by atoms with E-state index in [0.717, 1.165) is 18.8 Å². The maximum absolute atomic E-state index is 10.5. The molecular formula is C15H32O4S. The van der Waals surface area contributed by atoms with Crippen LogP contribution in [0.25, 0.3) is 0 Å². The lowest BCUT2D eigenvalue weighted by Crippen LogP contribution is -2.11. The SMILES string of the molecule is CCCCCC(CC)CCCCC(C)COS(=O)(=O)O. The van der Waals surface area contributed by atoms with E-state index in [4.69, 9.17) is 4.55 Å². The van der Waals surface area contributed by atoms with Gasteiger partial charge in [0.1, 0.15) is 0 Å². The van der Waals surface area contributed by atoms with Crippen molar-refractivity contribution in [3.8, 4) is 0 Å². The van der Waals surface area contributed by atoms with Gasteiger partial charge in [0.15, 0.2) is 0 Å². The zero-order valence-electron chi connectivity index (χ0n) is 13.3. The van der Waals surface area contributed by atoms with Gasteiger partial charge in [-0.25, -0.2) is 4.18 Å². The summed E-state index contributed by atoms with van der Waals surface area (Å²) >= 11 is 0. The summed E-state index contributed by atoms with van der Waals surface area (Å²) < 4.78 is 33.8. The van der Waals surface area contributed by atoms with Gasteiger partial charge >= 0.3 is 10.4 Å². The topological polar surface area (TPSA) is 63.6 Å². The van der Waals surface area contributed by atoms with Gasteiger partial charge in [0.05, 0.1) is 6.61 Å². The van der Waals surface area contributed by atoms with E-state index in [1.807, 2.05) is 6.92 Å². The van der Waals surface area contributed by atoms with Gasteiger partial charge in [-0.05, 0) is 18.3 Å². The lowest BCUT2D eigenvalue weighted by atomic mass is 9.92. The molecule has 0 saturated carbocycles. The highest BCUT2D eigenvalue weighted by Gasteiger charge is 2.10. The van der Waals surface area contributed by atoms with Gasteiger partial charge < -0.3 is 0 Å². The molecule has 0 bridgehead atoms. The standard InChI is InChI=1S/C15H32O4S/c1-4-6-7-11-15(5-2)12-9-8-10-14(3)13-19-20(16,17)18/h14-15H,4-13H2,1-3H3,(H,16,17,18). The van der Waals surface area contributed by atoms with Gasteiger partial charge in [-0.2, -0.15) is 8.42 Å². The fourth-order valence-corrected chi connectivity index (χ4v) is 2.85. The third-order valence-corrected chi connectivity index (χ3v) is 4.29. The fraction of sp³-hybridized carbons (Fsp3) is 1.00. The normalized spacial score (nSPS) is 15.2. The highest BCUT2D eigenvalue weighted by Crippen LogP contribution is 2.21. The van der Waals surface area contributed by atoms with Crippen molar-refractivity contribution in [1.29, 1.82) is 0 Å². The molecule has 0 radical (unpaired) electrons. The van der Waals surface area contributed by atoms with Crippen molar-refractivity contribution >= 4 is 10.4 Å². The second-order valence-corrected chi connectivity index (χ2v) is 6.96. The molecule has 0 aromatic heterocycles. The van der Waals surface area contributed by atoms with Crippen LogP contribution in [0.5, 0.6) is 0 Å². The summed E-state index contributed by atoms with van der Waals surface area (Å²) in [5.74, 6) is 1.00. The number of rotatable bonds is 13. The van der Waals surface area contributed by atoms with Crippen LogP contribution in [-0.4, -0.2) is 19.6 Å². The van der Waals surface area contributed by atoms with E-state index in [1.165, 1.54) is 44.9 Å². The minimum absolute atomic E-state index is 0.0759. The molecule has 0 heterocycles. The van der Waals surface area contributed by atoms with Crippen molar-refractivity contribution in [2.45, 2.75) is 78.6 Å². The predicted molar refractivity (Wildman–Crippen MR) is 83.1 cm³/mol. The summed E-state index contributed by atoms with van der Waals surface area (Å²) in [6, 6.07) is 0. The molecular weight excluding hydrogens is 276 g/mol. The van der Waals surface area contributed by atoms with Crippen molar-refractivity contribution in [1.82, 2.24) is 0 Å². The zero-order chi connectivity index (χ0) is 15.4. The summed E-state index contributed by atoms with van der Waals surface area (Å²) in [7, 11) is -4.28. The van der Waals surface area contributed by atoms with E-state index in [9.17, 15) is 8.42 Å². The zero-order valence-corrected chi connectivity index (χ0v) is 14.1. The van der Waals surface area contributed by atoms with Gasteiger partial charge in [-0.3, -0.25) is 4.55 Å². The van der Waals surface area contributed by atoms with Crippen LogP contribution < -0.4 is 0 Å². The molecule has 0 aliphatic heterocycles. The molecule has 5 heteroatoms. The minimum atomic E-state index is -4.28. The van der Waals surface area contributed by atoms with Crippen LogP contribution in [0.2, 0.25) is 0 Å². The maximum Gasteiger partial charge on any atom is 0.397 e. The number of hydrogen-bond donors (Lipinski definition) is 1. The van der Waals surface area contributed by atoms with Gasteiger partial charge in [0.25, 0.3) is 0 Å². The molecule has 0 amide bonds. The molecule has 0 spiro atoms. The average molecular weight is 308 g/mol. The van der Waals surface area contributed by atoms with E-state index in [0.29, 0.717) is 0 Å². The quantitative estimate of drug-likeness (QED) is 0.398.